The van der Waals surface area contributed by atoms with Crippen molar-refractivity contribution in [3.8, 4) is 0 Å². The van der Waals surface area contributed by atoms with Gasteiger partial charge < -0.3 is 10.6 Å². The molecule has 3 heteroatoms. The first-order chi connectivity index (χ1) is 6.74. The highest BCUT2D eigenvalue weighted by molar-refractivity contribution is 5.75. The molecule has 1 aliphatic heterocycles. The van der Waals surface area contributed by atoms with E-state index in [-0.39, 0.29) is 17.0 Å². The van der Waals surface area contributed by atoms with Gasteiger partial charge >= 0.3 is 0 Å². The van der Waals surface area contributed by atoms with Crippen molar-refractivity contribution in [3.63, 3.8) is 0 Å². The number of piperidine rings is 1. The van der Waals surface area contributed by atoms with E-state index in [0.29, 0.717) is 12.5 Å². The van der Waals surface area contributed by atoms with Crippen LogP contribution in [0.2, 0.25) is 0 Å². The number of carbonyl (C=O) groups is 1. The molecule has 0 unspecified atom stereocenters. The Balaban J connectivity index is 2.63. The molecule has 1 aliphatic rings. The molecule has 1 heterocycles. The van der Waals surface area contributed by atoms with Crippen LogP contribution < -0.4 is 10.6 Å². The predicted molar refractivity (Wildman–Crippen MR) is 62.7 cm³/mol. The van der Waals surface area contributed by atoms with Gasteiger partial charge in [0.05, 0.1) is 0 Å². The van der Waals surface area contributed by atoms with Crippen LogP contribution in [-0.2, 0) is 4.79 Å². The van der Waals surface area contributed by atoms with Crippen LogP contribution >= 0.6 is 0 Å². The highest BCUT2D eigenvalue weighted by Gasteiger charge is 2.37. The third kappa shape index (κ3) is 3.82. The van der Waals surface area contributed by atoms with Gasteiger partial charge in [-0.05, 0) is 40.5 Å². The summed E-state index contributed by atoms with van der Waals surface area (Å²) in [6.45, 7) is 10.7. The molecule has 15 heavy (non-hydrogen) atoms. The lowest BCUT2D eigenvalue weighted by Crippen LogP contribution is -2.62. The molecule has 88 valence electrons. The maximum atomic E-state index is 11.4. The standard InChI is InChI=1S/C12H24N2O/c1-6-10(15)13-9-7-11(2,3)14-12(4,5)8-9/h9,14H,6-8H2,1-5H3,(H,13,15). The van der Waals surface area contributed by atoms with Crippen molar-refractivity contribution in [1.29, 1.82) is 0 Å². The molecule has 0 aromatic carbocycles. The lowest BCUT2D eigenvalue weighted by atomic mass is 9.79. The molecule has 0 aromatic rings. The number of rotatable bonds is 2. The van der Waals surface area contributed by atoms with Crippen molar-refractivity contribution in [2.45, 2.75) is 71.0 Å². The van der Waals surface area contributed by atoms with Gasteiger partial charge in [0.15, 0.2) is 0 Å². The van der Waals surface area contributed by atoms with Gasteiger partial charge in [-0.3, -0.25) is 4.79 Å². The third-order valence-electron chi connectivity index (χ3n) is 2.88. The molecule has 0 saturated carbocycles. The third-order valence-corrected chi connectivity index (χ3v) is 2.88. The molecule has 1 fully saturated rings. The summed E-state index contributed by atoms with van der Waals surface area (Å²) in [4.78, 5) is 11.4. The second kappa shape index (κ2) is 4.12. The van der Waals surface area contributed by atoms with Gasteiger partial charge in [-0.25, -0.2) is 0 Å². The van der Waals surface area contributed by atoms with Gasteiger partial charge in [0.25, 0.3) is 0 Å². The Morgan fingerprint density at radius 2 is 1.73 bits per heavy atom. The Morgan fingerprint density at radius 1 is 1.27 bits per heavy atom. The Labute approximate surface area is 93.0 Å². The highest BCUT2D eigenvalue weighted by atomic mass is 16.1. The maximum Gasteiger partial charge on any atom is 0.219 e. The molecular weight excluding hydrogens is 188 g/mol. The van der Waals surface area contributed by atoms with Crippen molar-refractivity contribution >= 4 is 5.91 Å². The number of hydrogen-bond acceptors (Lipinski definition) is 2. The number of hydrogen-bond donors (Lipinski definition) is 2. The molecular formula is C12H24N2O. The lowest BCUT2D eigenvalue weighted by Gasteiger charge is -2.46. The molecule has 0 atom stereocenters. The maximum absolute atomic E-state index is 11.4. The van der Waals surface area contributed by atoms with E-state index in [0.717, 1.165) is 12.8 Å². The van der Waals surface area contributed by atoms with E-state index in [1.807, 2.05) is 6.92 Å². The lowest BCUT2D eigenvalue weighted by molar-refractivity contribution is -0.122. The first-order valence-corrected chi connectivity index (χ1v) is 5.83. The Morgan fingerprint density at radius 3 is 2.13 bits per heavy atom. The zero-order chi connectivity index (χ0) is 11.7. The average molecular weight is 212 g/mol. The number of nitrogens with one attached hydrogen (secondary N) is 2. The summed E-state index contributed by atoms with van der Waals surface area (Å²) in [5, 5.41) is 6.70. The van der Waals surface area contributed by atoms with Crippen molar-refractivity contribution in [1.82, 2.24) is 10.6 Å². The van der Waals surface area contributed by atoms with Crippen LogP contribution in [0.4, 0.5) is 0 Å². The smallest absolute Gasteiger partial charge is 0.219 e. The molecule has 3 nitrogen and oxygen atoms in total. The van der Waals surface area contributed by atoms with Crippen LogP contribution in [0.25, 0.3) is 0 Å². The monoisotopic (exact) mass is 212 g/mol. The minimum Gasteiger partial charge on any atom is -0.353 e. The molecule has 0 bridgehead atoms. The summed E-state index contributed by atoms with van der Waals surface area (Å²) >= 11 is 0. The Hall–Kier alpha value is -0.570. The van der Waals surface area contributed by atoms with Crippen molar-refractivity contribution < 1.29 is 4.79 Å². The molecule has 1 saturated heterocycles. The van der Waals surface area contributed by atoms with E-state index in [2.05, 4.69) is 38.3 Å². The van der Waals surface area contributed by atoms with Gasteiger partial charge in [-0.1, -0.05) is 6.92 Å². The van der Waals surface area contributed by atoms with Gasteiger partial charge in [0, 0.05) is 23.5 Å². The van der Waals surface area contributed by atoms with E-state index in [4.69, 9.17) is 0 Å². The summed E-state index contributed by atoms with van der Waals surface area (Å²) in [6, 6.07) is 0.309. The number of carbonyl (C=O) groups excluding carboxylic acids is 1. The molecule has 0 radical (unpaired) electrons. The Kier molecular flexibility index (Phi) is 3.44. The average Bonchev–Trinajstić information content (AvgIpc) is 1.97. The molecule has 1 rings (SSSR count). The quantitative estimate of drug-likeness (QED) is 0.733. The first kappa shape index (κ1) is 12.5. The highest BCUT2D eigenvalue weighted by Crippen LogP contribution is 2.28. The van der Waals surface area contributed by atoms with Crippen LogP contribution in [0.15, 0.2) is 0 Å². The van der Waals surface area contributed by atoms with E-state index >= 15 is 0 Å². The van der Waals surface area contributed by atoms with E-state index in [1.165, 1.54) is 0 Å². The molecule has 0 spiro atoms. The predicted octanol–water partition coefficient (Wildman–Crippen LogP) is 1.82. The zero-order valence-electron chi connectivity index (χ0n) is 10.6. The molecule has 0 aromatic heterocycles. The largest absolute Gasteiger partial charge is 0.353 e. The van der Waals surface area contributed by atoms with Crippen LogP contribution in [0.3, 0.4) is 0 Å². The fraction of sp³-hybridized carbons (Fsp3) is 0.917. The second-order valence-corrected chi connectivity index (χ2v) is 5.92. The van der Waals surface area contributed by atoms with E-state index < -0.39 is 0 Å². The Bertz CT molecular complexity index is 230. The fourth-order valence-electron chi connectivity index (χ4n) is 2.75. The summed E-state index contributed by atoms with van der Waals surface area (Å²) in [6.07, 6.45) is 2.58. The van der Waals surface area contributed by atoms with Gasteiger partial charge in [-0.2, -0.15) is 0 Å². The molecule has 2 N–H and O–H groups in total. The van der Waals surface area contributed by atoms with E-state index in [9.17, 15) is 4.79 Å². The molecule has 1 amide bonds. The van der Waals surface area contributed by atoms with Crippen molar-refractivity contribution in [2.75, 3.05) is 0 Å². The van der Waals surface area contributed by atoms with Crippen LogP contribution in [0, 0.1) is 0 Å². The summed E-state index contributed by atoms with van der Waals surface area (Å²) in [7, 11) is 0. The number of amides is 1. The minimum absolute atomic E-state index is 0.105. The van der Waals surface area contributed by atoms with Crippen LogP contribution in [-0.4, -0.2) is 23.0 Å². The molecule has 0 aliphatic carbocycles. The van der Waals surface area contributed by atoms with Gasteiger partial charge in [0.2, 0.25) is 5.91 Å². The second-order valence-electron chi connectivity index (χ2n) is 5.92. The topological polar surface area (TPSA) is 41.1 Å². The van der Waals surface area contributed by atoms with Gasteiger partial charge in [-0.15, -0.1) is 0 Å². The summed E-state index contributed by atoms with van der Waals surface area (Å²) in [5.41, 5.74) is 0.209. The van der Waals surface area contributed by atoms with Crippen molar-refractivity contribution in [2.24, 2.45) is 0 Å². The zero-order valence-corrected chi connectivity index (χ0v) is 10.6. The summed E-state index contributed by atoms with van der Waals surface area (Å²) < 4.78 is 0. The van der Waals surface area contributed by atoms with E-state index in [1.54, 1.807) is 0 Å². The van der Waals surface area contributed by atoms with Gasteiger partial charge in [0.1, 0.15) is 0 Å². The summed E-state index contributed by atoms with van der Waals surface area (Å²) in [5.74, 6) is 0.161. The normalized spacial score (nSPS) is 24.9. The fourth-order valence-corrected chi connectivity index (χ4v) is 2.75. The SMILES string of the molecule is CCC(=O)NC1CC(C)(C)NC(C)(C)C1. The van der Waals surface area contributed by atoms with Crippen LogP contribution in [0.1, 0.15) is 53.9 Å². The van der Waals surface area contributed by atoms with Crippen molar-refractivity contribution in [3.05, 3.63) is 0 Å². The first-order valence-electron chi connectivity index (χ1n) is 5.83. The van der Waals surface area contributed by atoms with Crippen LogP contribution in [0.5, 0.6) is 0 Å². The minimum atomic E-state index is 0.105.